The highest BCUT2D eigenvalue weighted by molar-refractivity contribution is 5.41. The number of aliphatic hydroxyl groups is 1. The van der Waals surface area contributed by atoms with Crippen LogP contribution >= 0.6 is 0 Å². The third kappa shape index (κ3) is 2.98. The molecule has 2 heteroatoms. The van der Waals surface area contributed by atoms with Crippen molar-refractivity contribution in [3.8, 4) is 0 Å². The van der Waals surface area contributed by atoms with Gasteiger partial charge in [-0.05, 0) is 35.2 Å². The van der Waals surface area contributed by atoms with Crippen LogP contribution in [0.4, 0.5) is 4.39 Å². The van der Waals surface area contributed by atoms with Crippen molar-refractivity contribution in [1.82, 2.24) is 0 Å². The summed E-state index contributed by atoms with van der Waals surface area (Å²) < 4.78 is 13.4. The molecule has 2 unspecified atom stereocenters. The summed E-state index contributed by atoms with van der Waals surface area (Å²) in [6.45, 7) is 2.06. The van der Waals surface area contributed by atoms with Gasteiger partial charge in [-0.3, -0.25) is 0 Å². The van der Waals surface area contributed by atoms with Crippen molar-refractivity contribution in [2.75, 3.05) is 0 Å². The maximum atomic E-state index is 13.4. The van der Waals surface area contributed by atoms with Crippen molar-refractivity contribution in [2.45, 2.75) is 24.9 Å². The summed E-state index contributed by atoms with van der Waals surface area (Å²) in [4.78, 5) is 0. The third-order valence-corrected chi connectivity index (χ3v) is 4.61. The highest BCUT2D eigenvalue weighted by Gasteiger charge is 2.40. The molecule has 0 aromatic heterocycles. The van der Waals surface area contributed by atoms with Crippen molar-refractivity contribution in [3.63, 3.8) is 0 Å². The van der Waals surface area contributed by atoms with Gasteiger partial charge in [0.15, 0.2) is 0 Å². The van der Waals surface area contributed by atoms with Gasteiger partial charge in [0.1, 0.15) is 11.4 Å². The van der Waals surface area contributed by atoms with Crippen LogP contribution in [0, 0.1) is 5.82 Å². The van der Waals surface area contributed by atoms with Crippen LogP contribution in [-0.2, 0) is 5.60 Å². The molecular weight excluding hydrogens is 299 g/mol. The van der Waals surface area contributed by atoms with Gasteiger partial charge in [0, 0.05) is 5.92 Å². The topological polar surface area (TPSA) is 20.2 Å². The fourth-order valence-electron chi connectivity index (χ4n) is 3.42. The van der Waals surface area contributed by atoms with Crippen LogP contribution in [0.25, 0.3) is 0 Å². The molecule has 0 aliphatic carbocycles. The Bertz CT molecular complexity index is 768. The van der Waals surface area contributed by atoms with Crippen LogP contribution in [0.3, 0.4) is 0 Å². The van der Waals surface area contributed by atoms with Crippen molar-refractivity contribution < 1.29 is 9.50 Å². The Hall–Kier alpha value is -2.45. The molecule has 3 aromatic rings. The van der Waals surface area contributed by atoms with E-state index in [1.807, 2.05) is 60.7 Å². The van der Waals surface area contributed by atoms with Gasteiger partial charge in [-0.15, -0.1) is 0 Å². The highest BCUT2D eigenvalue weighted by atomic mass is 19.1. The van der Waals surface area contributed by atoms with Crippen LogP contribution in [0.5, 0.6) is 0 Å². The molecule has 122 valence electrons. The van der Waals surface area contributed by atoms with Gasteiger partial charge in [-0.25, -0.2) is 4.39 Å². The quantitative estimate of drug-likeness (QED) is 0.680. The molecule has 0 fully saturated rings. The van der Waals surface area contributed by atoms with Crippen LogP contribution in [-0.4, -0.2) is 5.11 Å². The van der Waals surface area contributed by atoms with Crippen LogP contribution in [0.1, 0.15) is 36.0 Å². The van der Waals surface area contributed by atoms with Crippen molar-refractivity contribution >= 4 is 0 Å². The van der Waals surface area contributed by atoms with E-state index in [2.05, 4.69) is 6.92 Å². The minimum atomic E-state index is -1.22. The number of hydrogen-bond acceptors (Lipinski definition) is 1. The van der Waals surface area contributed by atoms with E-state index in [9.17, 15) is 9.50 Å². The predicted octanol–water partition coefficient (Wildman–Crippen LogP) is 5.26. The molecule has 0 aliphatic heterocycles. The van der Waals surface area contributed by atoms with Crippen LogP contribution < -0.4 is 0 Å². The molecule has 0 aliphatic rings. The molecule has 3 rings (SSSR count). The second-order valence-corrected chi connectivity index (χ2v) is 6.01. The highest BCUT2D eigenvalue weighted by Crippen LogP contribution is 2.44. The minimum absolute atomic E-state index is 0.133. The second kappa shape index (κ2) is 6.98. The first-order valence-electron chi connectivity index (χ1n) is 8.25. The molecule has 0 saturated carbocycles. The van der Waals surface area contributed by atoms with Gasteiger partial charge >= 0.3 is 0 Å². The average molecular weight is 320 g/mol. The average Bonchev–Trinajstić information content (AvgIpc) is 2.64. The molecule has 1 N–H and O–H groups in total. The van der Waals surface area contributed by atoms with E-state index in [-0.39, 0.29) is 11.7 Å². The molecule has 24 heavy (non-hydrogen) atoms. The fraction of sp³-hybridized carbons (Fsp3) is 0.182. The van der Waals surface area contributed by atoms with Gasteiger partial charge in [0.05, 0.1) is 0 Å². The smallest absolute Gasteiger partial charge is 0.123 e. The monoisotopic (exact) mass is 320 g/mol. The van der Waals surface area contributed by atoms with E-state index in [0.29, 0.717) is 5.56 Å². The van der Waals surface area contributed by atoms with Crippen molar-refractivity contribution in [3.05, 3.63) is 107 Å². The number of rotatable bonds is 5. The number of benzene rings is 3. The first kappa shape index (κ1) is 16.4. The first-order valence-corrected chi connectivity index (χ1v) is 8.25. The maximum absolute atomic E-state index is 13.4. The normalized spacial score (nSPS) is 14.8. The van der Waals surface area contributed by atoms with E-state index in [4.69, 9.17) is 0 Å². The molecule has 0 amide bonds. The summed E-state index contributed by atoms with van der Waals surface area (Å²) in [7, 11) is 0. The Kier molecular flexibility index (Phi) is 4.77. The minimum Gasteiger partial charge on any atom is -0.380 e. The Balaban J connectivity index is 2.20. The maximum Gasteiger partial charge on any atom is 0.123 e. The number of hydrogen-bond donors (Lipinski definition) is 1. The van der Waals surface area contributed by atoms with Gasteiger partial charge in [0.2, 0.25) is 0 Å². The first-order chi connectivity index (χ1) is 11.7. The standard InChI is InChI=1S/C22H21FO/c1-2-21(17-9-5-3-6-10-17)22(24,18-11-7-4-8-12-18)19-13-15-20(23)16-14-19/h3-16,21,24H,2H2,1H3. The molecule has 0 heterocycles. The summed E-state index contributed by atoms with van der Waals surface area (Å²) in [5.74, 6) is -0.437. The van der Waals surface area contributed by atoms with E-state index in [0.717, 1.165) is 17.5 Å². The molecule has 1 nitrogen and oxygen atoms in total. The van der Waals surface area contributed by atoms with Gasteiger partial charge < -0.3 is 5.11 Å². The lowest BCUT2D eigenvalue weighted by Gasteiger charge is -2.37. The van der Waals surface area contributed by atoms with E-state index >= 15 is 0 Å². The van der Waals surface area contributed by atoms with Crippen molar-refractivity contribution in [2.24, 2.45) is 0 Å². The Morgan fingerprint density at radius 2 is 1.29 bits per heavy atom. The Morgan fingerprint density at radius 1 is 0.792 bits per heavy atom. The zero-order chi connectivity index (χ0) is 17.0. The van der Waals surface area contributed by atoms with Gasteiger partial charge in [0.25, 0.3) is 0 Å². The number of halogens is 1. The summed E-state index contributed by atoms with van der Waals surface area (Å²) in [6.07, 6.45) is 0.757. The molecule has 0 saturated heterocycles. The van der Waals surface area contributed by atoms with Crippen molar-refractivity contribution in [1.29, 1.82) is 0 Å². The van der Waals surface area contributed by atoms with Crippen LogP contribution in [0.2, 0.25) is 0 Å². The molecule has 0 bridgehead atoms. The molecule has 2 atom stereocenters. The van der Waals surface area contributed by atoms with Crippen LogP contribution in [0.15, 0.2) is 84.9 Å². The zero-order valence-electron chi connectivity index (χ0n) is 13.7. The van der Waals surface area contributed by atoms with E-state index in [1.54, 1.807) is 12.1 Å². The van der Waals surface area contributed by atoms with Gasteiger partial charge in [-0.1, -0.05) is 79.7 Å². The molecule has 3 aromatic carbocycles. The second-order valence-electron chi connectivity index (χ2n) is 6.01. The third-order valence-electron chi connectivity index (χ3n) is 4.61. The lowest BCUT2D eigenvalue weighted by molar-refractivity contribution is 0.0476. The summed E-state index contributed by atoms with van der Waals surface area (Å²) in [5, 5.41) is 11.8. The Morgan fingerprint density at radius 3 is 1.83 bits per heavy atom. The SMILES string of the molecule is CCC(c1ccccc1)C(O)(c1ccccc1)c1ccc(F)cc1. The lowest BCUT2D eigenvalue weighted by atomic mass is 9.72. The largest absolute Gasteiger partial charge is 0.380 e. The molecular formula is C22H21FO. The fourth-order valence-corrected chi connectivity index (χ4v) is 3.42. The zero-order valence-corrected chi connectivity index (χ0v) is 13.7. The summed E-state index contributed by atoms with van der Waals surface area (Å²) in [5.41, 5.74) is 1.36. The Labute approximate surface area is 142 Å². The summed E-state index contributed by atoms with van der Waals surface area (Å²) in [6, 6.07) is 25.8. The lowest BCUT2D eigenvalue weighted by Crippen LogP contribution is -2.34. The molecule has 0 radical (unpaired) electrons. The van der Waals surface area contributed by atoms with Gasteiger partial charge in [-0.2, -0.15) is 0 Å². The summed E-state index contributed by atoms with van der Waals surface area (Å²) >= 11 is 0. The van der Waals surface area contributed by atoms with E-state index in [1.165, 1.54) is 12.1 Å². The predicted molar refractivity (Wildman–Crippen MR) is 95.3 cm³/mol. The molecule has 0 spiro atoms. The van der Waals surface area contributed by atoms with E-state index < -0.39 is 5.60 Å².